The van der Waals surface area contributed by atoms with Gasteiger partial charge in [-0.3, -0.25) is 9.59 Å². The molecule has 1 unspecified atom stereocenters. The summed E-state index contributed by atoms with van der Waals surface area (Å²) in [5.74, 6) is -1.15. The number of anilines is 1. The number of amides is 2. The number of carbonyl (C=O) groups is 2. The summed E-state index contributed by atoms with van der Waals surface area (Å²) in [6.07, 6.45) is 0.324. The van der Waals surface area contributed by atoms with Gasteiger partial charge in [-0.05, 0) is 24.5 Å². The lowest BCUT2D eigenvalue weighted by Crippen LogP contribution is -2.42. The molecule has 20 heavy (non-hydrogen) atoms. The largest absolute Gasteiger partial charge is 0.345 e. The van der Waals surface area contributed by atoms with E-state index in [9.17, 15) is 14.0 Å². The van der Waals surface area contributed by atoms with Crippen LogP contribution in [0.15, 0.2) is 24.3 Å². The van der Waals surface area contributed by atoms with Crippen molar-refractivity contribution < 1.29 is 14.0 Å². The van der Waals surface area contributed by atoms with Gasteiger partial charge in [0, 0.05) is 6.42 Å². The van der Waals surface area contributed by atoms with E-state index in [1.54, 1.807) is 19.1 Å². The normalized spacial score (nSPS) is 12.7. The van der Waals surface area contributed by atoms with E-state index in [0.717, 1.165) is 0 Å². The smallest absolute Gasteiger partial charge is 0.246 e. The maximum atomic E-state index is 13.4. The first-order valence-electron chi connectivity index (χ1n) is 6.54. The molecule has 110 valence electrons. The highest BCUT2D eigenvalue weighted by Gasteiger charge is 2.20. The van der Waals surface area contributed by atoms with Crippen molar-refractivity contribution in [2.45, 2.75) is 40.2 Å². The van der Waals surface area contributed by atoms with E-state index in [1.165, 1.54) is 12.1 Å². The molecule has 1 atom stereocenters. The molecule has 2 amide bonds. The lowest BCUT2D eigenvalue weighted by atomic mass is 9.92. The summed E-state index contributed by atoms with van der Waals surface area (Å²) in [4.78, 5) is 23.6. The van der Waals surface area contributed by atoms with Gasteiger partial charge in [0.1, 0.15) is 11.9 Å². The van der Waals surface area contributed by atoms with Crippen LogP contribution in [0, 0.1) is 11.2 Å². The van der Waals surface area contributed by atoms with Gasteiger partial charge in [-0.2, -0.15) is 0 Å². The van der Waals surface area contributed by atoms with Crippen molar-refractivity contribution in [3.05, 3.63) is 30.1 Å². The first-order chi connectivity index (χ1) is 9.19. The van der Waals surface area contributed by atoms with Crippen molar-refractivity contribution in [1.82, 2.24) is 5.32 Å². The van der Waals surface area contributed by atoms with Crippen LogP contribution < -0.4 is 10.6 Å². The number of carbonyl (C=O) groups excluding carboxylic acids is 2. The van der Waals surface area contributed by atoms with Crippen molar-refractivity contribution in [3.8, 4) is 0 Å². The molecular weight excluding hydrogens is 259 g/mol. The molecule has 0 heterocycles. The molecule has 0 radical (unpaired) electrons. The zero-order valence-corrected chi connectivity index (χ0v) is 12.3. The molecule has 0 bridgehead atoms. The Kier molecular flexibility index (Phi) is 5.25. The second kappa shape index (κ2) is 6.50. The fourth-order valence-electron chi connectivity index (χ4n) is 1.64. The minimum Gasteiger partial charge on any atom is -0.345 e. The van der Waals surface area contributed by atoms with Gasteiger partial charge in [0.2, 0.25) is 11.8 Å². The fourth-order valence-corrected chi connectivity index (χ4v) is 1.64. The third-order valence-electron chi connectivity index (χ3n) is 2.59. The van der Waals surface area contributed by atoms with Crippen LogP contribution >= 0.6 is 0 Å². The molecule has 0 spiro atoms. The van der Waals surface area contributed by atoms with E-state index >= 15 is 0 Å². The molecule has 1 rings (SSSR count). The van der Waals surface area contributed by atoms with Crippen LogP contribution in [-0.2, 0) is 9.59 Å². The van der Waals surface area contributed by atoms with Crippen molar-refractivity contribution >= 4 is 17.5 Å². The predicted octanol–water partition coefficient (Wildman–Crippen LogP) is 2.71. The first kappa shape index (κ1) is 16.1. The number of halogens is 1. The van der Waals surface area contributed by atoms with Crippen LogP contribution in [-0.4, -0.2) is 17.9 Å². The number of rotatable bonds is 4. The number of para-hydroxylation sites is 1. The Morgan fingerprint density at radius 2 is 1.85 bits per heavy atom. The van der Waals surface area contributed by atoms with Crippen molar-refractivity contribution in [2.24, 2.45) is 5.41 Å². The minimum absolute atomic E-state index is 0.106. The van der Waals surface area contributed by atoms with E-state index < -0.39 is 17.8 Å². The van der Waals surface area contributed by atoms with Gasteiger partial charge in [0.05, 0.1) is 5.69 Å². The molecule has 0 aliphatic rings. The standard InChI is InChI=1S/C15H21FN2O2/c1-10(17-13(19)9-15(2,3)4)14(20)18-12-8-6-5-7-11(12)16/h5-8,10H,9H2,1-4H3,(H,17,19)(H,18,20). The second-order valence-corrected chi connectivity index (χ2v) is 6.00. The zero-order chi connectivity index (χ0) is 15.3. The summed E-state index contributed by atoms with van der Waals surface area (Å²) >= 11 is 0. The van der Waals surface area contributed by atoms with Crippen LogP contribution in [0.1, 0.15) is 34.1 Å². The van der Waals surface area contributed by atoms with Gasteiger partial charge in [-0.25, -0.2) is 4.39 Å². The summed E-state index contributed by atoms with van der Waals surface area (Å²) in [7, 11) is 0. The molecule has 0 saturated carbocycles. The molecule has 5 heteroatoms. The second-order valence-electron chi connectivity index (χ2n) is 6.00. The summed E-state index contributed by atoms with van der Waals surface area (Å²) in [5.41, 5.74) is -0.0411. The van der Waals surface area contributed by atoms with E-state index in [2.05, 4.69) is 10.6 Å². The van der Waals surface area contributed by atoms with Gasteiger partial charge in [-0.1, -0.05) is 32.9 Å². The number of nitrogens with one attached hydrogen (secondary N) is 2. The lowest BCUT2D eigenvalue weighted by Gasteiger charge is -2.20. The van der Waals surface area contributed by atoms with Gasteiger partial charge < -0.3 is 10.6 Å². The Hall–Kier alpha value is -1.91. The summed E-state index contributed by atoms with van der Waals surface area (Å²) in [5, 5.41) is 5.05. The van der Waals surface area contributed by atoms with E-state index in [1.807, 2.05) is 20.8 Å². The Labute approximate surface area is 118 Å². The highest BCUT2D eigenvalue weighted by molar-refractivity contribution is 5.97. The van der Waals surface area contributed by atoms with Crippen LogP contribution in [0.3, 0.4) is 0 Å². The number of benzene rings is 1. The van der Waals surface area contributed by atoms with E-state index in [0.29, 0.717) is 6.42 Å². The maximum absolute atomic E-state index is 13.4. The van der Waals surface area contributed by atoms with Crippen molar-refractivity contribution in [2.75, 3.05) is 5.32 Å². The van der Waals surface area contributed by atoms with Crippen LogP contribution in [0.2, 0.25) is 0 Å². The molecular formula is C15H21FN2O2. The molecule has 1 aromatic carbocycles. The van der Waals surface area contributed by atoms with Crippen LogP contribution in [0.4, 0.5) is 10.1 Å². The van der Waals surface area contributed by atoms with Gasteiger partial charge in [-0.15, -0.1) is 0 Å². The average molecular weight is 280 g/mol. The average Bonchev–Trinajstić information content (AvgIpc) is 2.29. The van der Waals surface area contributed by atoms with E-state index in [4.69, 9.17) is 0 Å². The molecule has 1 aromatic rings. The third-order valence-corrected chi connectivity index (χ3v) is 2.59. The third kappa shape index (κ3) is 5.38. The molecule has 0 saturated heterocycles. The van der Waals surface area contributed by atoms with Crippen molar-refractivity contribution in [3.63, 3.8) is 0 Å². The first-order valence-corrected chi connectivity index (χ1v) is 6.54. The maximum Gasteiger partial charge on any atom is 0.246 e. The minimum atomic E-state index is -0.718. The Bertz CT molecular complexity index is 495. The lowest BCUT2D eigenvalue weighted by molar-refractivity contribution is -0.127. The SMILES string of the molecule is CC(NC(=O)CC(C)(C)C)C(=O)Nc1ccccc1F. The number of hydrogen-bond acceptors (Lipinski definition) is 2. The van der Waals surface area contributed by atoms with Gasteiger partial charge in [0.25, 0.3) is 0 Å². The van der Waals surface area contributed by atoms with Gasteiger partial charge in [0.15, 0.2) is 0 Å². The fraction of sp³-hybridized carbons (Fsp3) is 0.467. The highest BCUT2D eigenvalue weighted by Crippen LogP contribution is 2.18. The number of hydrogen-bond donors (Lipinski definition) is 2. The predicted molar refractivity (Wildman–Crippen MR) is 76.7 cm³/mol. The zero-order valence-electron chi connectivity index (χ0n) is 12.3. The van der Waals surface area contributed by atoms with Crippen LogP contribution in [0.5, 0.6) is 0 Å². The van der Waals surface area contributed by atoms with Crippen LogP contribution in [0.25, 0.3) is 0 Å². The Balaban J connectivity index is 2.56. The summed E-state index contributed by atoms with van der Waals surface area (Å²) < 4.78 is 13.4. The highest BCUT2D eigenvalue weighted by atomic mass is 19.1. The molecule has 4 nitrogen and oxygen atoms in total. The summed E-state index contributed by atoms with van der Waals surface area (Å²) in [6.45, 7) is 7.39. The van der Waals surface area contributed by atoms with Gasteiger partial charge >= 0.3 is 0 Å². The Morgan fingerprint density at radius 1 is 1.25 bits per heavy atom. The van der Waals surface area contributed by atoms with E-state index in [-0.39, 0.29) is 17.0 Å². The topological polar surface area (TPSA) is 58.2 Å². The molecule has 0 fully saturated rings. The molecule has 0 aliphatic heterocycles. The summed E-state index contributed by atoms with van der Waals surface area (Å²) in [6, 6.07) is 5.18. The molecule has 0 aliphatic carbocycles. The molecule has 0 aromatic heterocycles. The quantitative estimate of drug-likeness (QED) is 0.891. The monoisotopic (exact) mass is 280 g/mol. The Morgan fingerprint density at radius 3 is 2.40 bits per heavy atom. The van der Waals surface area contributed by atoms with Crippen molar-refractivity contribution in [1.29, 1.82) is 0 Å². The molecule has 2 N–H and O–H groups in total.